The van der Waals surface area contributed by atoms with E-state index in [9.17, 15) is 29.4 Å². The second-order valence-electron chi connectivity index (χ2n) is 16.0. The van der Waals surface area contributed by atoms with E-state index in [1.54, 1.807) is 6.92 Å². The Labute approximate surface area is 372 Å². The number of thiol groups is 1. The van der Waals surface area contributed by atoms with Gasteiger partial charge in [-0.1, -0.05) is 189 Å². The van der Waals surface area contributed by atoms with E-state index in [0.717, 1.165) is 38.5 Å². The summed E-state index contributed by atoms with van der Waals surface area (Å²) >= 11 is 4.02. The zero-order valence-electron chi connectivity index (χ0n) is 39.2. The minimum Gasteiger partial charge on any atom is -0.480 e. The van der Waals surface area contributed by atoms with Gasteiger partial charge in [0.15, 0.2) is 0 Å². The van der Waals surface area contributed by atoms with Gasteiger partial charge in [0.25, 0.3) is 0 Å². The highest BCUT2D eigenvalue weighted by Crippen LogP contribution is 2.15. The third kappa shape index (κ3) is 47.1. The molecule has 0 aliphatic rings. The molecule has 0 saturated heterocycles. The molecular weight excluding hydrogens is 783 g/mol. The zero-order chi connectivity index (χ0) is 45.5. The molecule has 0 heterocycles. The number of aliphatic hydroxyl groups excluding tert-OH is 2. The van der Waals surface area contributed by atoms with Crippen LogP contribution in [-0.2, 0) is 28.7 Å². The molecule has 0 bridgehead atoms. The van der Waals surface area contributed by atoms with Crippen molar-refractivity contribution in [2.24, 2.45) is 11.7 Å². The number of carbonyl (C=O) groups is 4. The summed E-state index contributed by atoms with van der Waals surface area (Å²) in [6.45, 7) is 10.8. The molecule has 0 aromatic rings. The number of hydrogen-bond donors (Lipinski definition) is 7. The molecule has 0 rings (SSSR count). The molecule has 0 aliphatic carbocycles. The van der Waals surface area contributed by atoms with Crippen LogP contribution in [-0.4, -0.2) is 89.6 Å². The van der Waals surface area contributed by atoms with Crippen LogP contribution < -0.4 is 16.4 Å². The Bertz CT molecular complexity index is 963. The van der Waals surface area contributed by atoms with E-state index in [1.165, 1.54) is 128 Å². The van der Waals surface area contributed by atoms with Gasteiger partial charge in [0, 0.05) is 44.0 Å². The van der Waals surface area contributed by atoms with Crippen LogP contribution in [0.2, 0.25) is 0 Å². The predicted molar refractivity (Wildman–Crippen MR) is 250 cm³/mol. The van der Waals surface area contributed by atoms with Gasteiger partial charge in [-0.05, 0) is 12.8 Å². The monoisotopic (exact) mass is 878 g/mol. The first-order valence-electron chi connectivity index (χ1n) is 24.3. The molecule has 0 aliphatic heterocycles. The third-order valence-electron chi connectivity index (χ3n) is 10.3. The Morgan fingerprint density at radius 1 is 0.567 bits per heavy atom. The number of carboxylic acid groups (broad SMARTS) is 1. The smallest absolute Gasteiger partial charge is 0.324 e. The number of aliphatic hydroxyl groups is 2. The molecule has 0 aromatic heterocycles. The number of nitrogens with one attached hydrogen (secondary N) is 2. The van der Waals surface area contributed by atoms with Gasteiger partial charge in [-0.2, -0.15) is 12.6 Å². The Morgan fingerprint density at radius 2 is 0.917 bits per heavy atom. The summed E-state index contributed by atoms with van der Waals surface area (Å²) in [6.07, 6.45) is 31.4. The lowest BCUT2D eigenvalue weighted by Crippen LogP contribution is -2.45. The molecular formula is C47H95N3O9S. The summed E-state index contributed by atoms with van der Waals surface area (Å²) in [5.74, 6) is -1.76. The van der Waals surface area contributed by atoms with Crippen molar-refractivity contribution < 1.29 is 44.0 Å². The molecule has 0 fully saturated rings. The van der Waals surface area contributed by atoms with Crippen molar-refractivity contribution >= 4 is 36.4 Å². The number of nitrogens with two attached hydrogens (primary N) is 1. The molecule has 0 aromatic carbocycles. The van der Waals surface area contributed by atoms with Crippen molar-refractivity contribution in [2.45, 2.75) is 239 Å². The molecule has 12 nitrogen and oxygen atoms in total. The van der Waals surface area contributed by atoms with E-state index in [2.05, 4.69) is 37.1 Å². The highest BCUT2D eigenvalue weighted by Gasteiger charge is 2.24. The summed E-state index contributed by atoms with van der Waals surface area (Å²) in [7, 11) is 0. The predicted octanol–water partition coefficient (Wildman–Crippen LogP) is 9.80. The van der Waals surface area contributed by atoms with Crippen molar-refractivity contribution in [1.82, 2.24) is 10.6 Å². The van der Waals surface area contributed by atoms with Crippen molar-refractivity contribution in [1.29, 1.82) is 0 Å². The quantitative estimate of drug-likeness (QED) is 0.0134. The zero-order valence-corrected chi connectivity index (χ0v) is 40.1. The summed E-state index contributed by atoms with van der Waals surface area (Å²) in [5.41, 5.74) is 5.26. The minimum absolute atomic E-state index is 0.0552. The largest absolute Gasteiger partial charge is 0.480 e. The Hall–Kier alpha value is -1.93. The average molecular weight is 878 g/mol. The maximum Gasteiger partial charge on any atom is 0.324 e. The van der Waals surface area contributed by atoms with Gasteiger partial charge in [0.05, 0.1) is 12.7 Å². The standard InChI is InChI=1S/C26H52N2O5S.C19H37NO4.C2H6/c1-3-4-5-6-7-8-9-10-11-12-13-14-15-16-24(30)33-21-22(2)25(31)26(32)28-18-17-23(29)27-19-20-34;1-2-3-4-5-6-7-8-9-10-11-12-13-14-15-18(21)24-16-17(20)19(22)23;1-2/h22,25-26,28,31-32,34H,3-21H2,1-2H3,(H,27,29);17H,2-16,20H2,1H3,(H,22,23);1-2H3. The normalized spacial score (nSPS) is 12.8. The molecule has 60 heavy (non-hydrogen) atoms. The molecule has 0 saturated carbocycles. The fourth-order valence-corrected chi connectivity index (χ4v) is 6.46. The van der Waals surface area contributed by atoms with E-state index in [1.807, 2.05) is 13.8 Å². The lowest BCUT2D eigenvalue weighted by atomic mass is 10.0. The number of unbranched alkanes of at least 4 members (excludes halogenated alkanes) is 24. The second kappa shape index (κ2) is 49.7. The lowest BCUT2D eigenvalue weighted by Gasteiger charge is -2.24. The first-order chi connectivity index (χ1) is 29.0. The van der Waals surface area contributed by atoms with Crippen LogP contribution >= 0.6 is 12.6 Å². The number of amides is 1. The molecule has 4 atom stereocenters. The summed E-state index contributed by atoms with van der Waals surface area (Å²) in [4.78, 5) is 45.3. The van der Waals surface area contributed by atoms with Crippen LogP contribution in [0.25, 0.3) is 0 Å². The Kier molecular flexibility index (Phi) is 51.7. The molecule has 13 heteroatoms. The van der Waals surface area contributed by atoms with E-state index in [-0.39, 0.29) is 44.0 Å². The van der Waals surface area contributed by atoms with Crippen LogP contribution in [0.15, 0.2) is 0 Å². The topological polar surface area (TPSA) is 198 Å². The SMILES string of the molecule is CC.CCCCCCCCCCCCCCCC(=O)OCC(C)C(O)C(O)NCCC(=O)NCCS.CCCCCCCCCCCCCCCC(=O)OCC(N)C(=O)O. The van der Waals surface area contributed by atoms with E-state index >= 15 is 0 Å². The number of rotatable bonds is 41. The van der Waals surface area contributed by atoms with E-state index < -0.39 is 30.3 Å². The number of ether oxygens (including phenoxy) is 2. The maximum atomic E-state index is 11.9. The van der Waals surface area contributed by atoms with Crippen molar-refractivity contribution in [3.8, 4) is 0 Å². The minimum atomic E-state index is -1.19. The summed E-state index contributed by atoms with van der Waals surface area (Å²) in [6, 6.07) is -1.12. The molecule has 4 unspecified atom stereocenters. The highest BCUT2D eigenvalue weighted by molar-refractivity contribution is 7.80. The van der Waals surface area contributed by atoms with E-state index in [4.69, 9.17) is 20.3 Å². The number of aliphatic carboxylic acids is 1. The van der Waals surface area contributed by atoms with Crippen LogP contribution in [0.3, 0.4) is 0 Å². The lowest BCUT2D eigenvalue weighted by molar-refractivity contribution is -0.149. The van der Waals surface area contributed by atoms with Crippen molar-refractivity contribution in [3.63, 3.8) is 0 Å². The van der Waals surface area contributed by atoms with Gasteiger partial charge >= 0.3 is 17.9 Å². The molecule has 0 radical (unpaired) electrons. The summed E-state index contributed by atoms with van der Waals surface area (Å²) in [5, 5.41) is 34.2. The number of esters is 2. The molecule has 358 valence electrons. The van der Waals surface area contributed by atoms with Gasteiger partial charge in [0.1, 0.15) is 18.9 Å². The Morgan fingerprint density at radius 3 is 1.27 bits per heavy atom. The fourth-order valence-electron chi connectivity index (χ4n) is 6.34. The van der Waals surface area contributed by atoms with Gasteiger partial charge in [-0.15, -0.1) is 0 Å². The van der Waals surface area contributed by atoms with Crippen LogP contribution in [0.1, 0.15) is 221 Å². The van der Waals surface area contributed by atoms with Gasteiger partial charge < -0.3 is 35.8 Å². The van der Waals surface area contributed by atoms with Crippen molar-refractivity contribution in [2.75, 3.05) is 32.1 Å². The average Bonchev–Trinajstić information content (AvgIpc) is 3.24. The Balaban J connectivity index is -0.00000110. The van der Waals surface area contributed by atoms with Gasteiger partial charge in [-0.25, -0.2) is 0 Å². The second-order valence-corrected chi connectivity index (χ2v) is 16.4. The van der Waals surface area contributed by atoms with E-state index in [0.29, 0.717) is 25.1 Å². The van der Waals surface area contributed by atoms with Crippen LogP contribution in [0.5, 0.6) is 0 Å². The highest BCUT2D eigenvalue weighted by atomic mass is 32.1. The van der Waals surface area contributed by atoms with Crippen LogP contribution in [0.4, 0.5) is 0 Å². The third-order valence-corrected chi connectivity index (χ3v) is 10.5. The van der Waals surface area contributed by atoms with Crippen molar-refractivity contribution in [3.05, 3.63) is 0 Å². The van der Waals surface area contributed by atoms with Crippen LogP contribution in [0, 0.1) is 5.92 Å². The number of carbonyl (C=O) groups excluding carboxylic acids is 3. The van der Waals surface area contributed by atoms with Gasteiger partial charge in [0.2, 0.25) is 5.91 Å². The molecule has 1 amide bonds. The maximum absolute atomic E-state index is 11.9. The first-order valence-corrected chi connectivity index (χ1v) is 24.9. The molecule has 0 spiro atoms. The number of carboxylic acids is 1. The van der Waals surface area contributed by atoms with Gasteiger partial charge in [-0.3, -0.25) is 24.5 Å². The summed E-state index contributed by atoms with van der Waals surface area (Å²) < 4.78 is 10.1. The first kappa shape index (κ1) is 62.4. The fraction of sp³-hybridized carbons (Fsp3) is 0.915. The number of hydrogen-bond acceptors (Lipinski definition) is 11. The molecule has 7 N–H and O–H groups in total.